The smallest absolute Gasteiger partial charge is 0.356 e. The molecule has 0 saturated carbocycles. The van der Waals surface area contributed by atoms with Gasteiger partial charge in [-0.2, -0.15) is 5.10 Å². The summed E-state index contributed by atoms with van der Waals surface area (Å²) in [5.41, 5.74) is 1.27. The van der Waals surface area contributed by atoms with Crippen molar-refractivity contribution < 1.29 is 18.3 Å². The Kier molecular flexibility index (Phi) is 3.97. The quantitative estimate of drug-likeness (QED) is 0.854. The average molecular weight is 338 g/mol. The normalized spacial score (nSPS) is 18.1. The molecule has 2 aromatic rings. The van der Waals surface area contributed by atoms with E-state index >= 15 is 0 Å². The lowest BCUT2D eigenvalue weighted by Crippen LogP contribution is -2.27. The molecule has 0 spiro atoms. The lowest BCUT2D eigenvalue weighted by Gasteiger charge is -2.22. The number of carbonyl (C=O) groups is 1. The summed E-state index contributed by atoms with van der Waals surface area (Å²) < 4.78 is 24.4. The van der Waals surface area contributed by atoms with E-state index in [0.29, 0.717) is 36.4 Å². The second-order valence-electron chi connectivity index (χ2n) is 5.87. The van der Waals surface area contributed by atoms with Crippen LogP contribution in [0.15, 0.2) is 12.3 Å². The van der Waals surface area contributed by atoms with Crippen molar-refractivity contribution in [2.24, 2.45) is 5.92 Å². The molecule has 0 radical (unpaired) electrons. The molecular formula is C14H18N4O4S. The summed E-state index contributed by atoms with van der Waals surface area (Å²) in [4.78, 5) is 15.5. The van der Waals surface area contributed by atoms with Crippen molar-refractivity contribution in [3.05, 3.63) is 23.7 Å². The zero-order chi connectivity index (χ0) is 16.6. The number of sulfone groups is 1. The monoisotopic (exact) mass is 338 g/mol. The molecule has 0 aliphatic carbocycles. The van der Waals surface area contributed by atoms with Crippen molar-refractivity contribution in [3.8, 4) is 0 Å². The van der Waals surface area contributed by atoms with E-state index in [4.69, 9.17) is 5.11 Å². The molecule has 3 heterocycles. The topological polar surface area (TPSA) is 114 Å². The van der Waals surface area contributed by atoms with Gasteiger partial charge in [0.25, 0.3) is 0 Å². The van der Waals surface area contributed by atoms with Crippen LogP contribution in [0.25, 0.3) is 5.52 Å². The van der Waals surface area contributed by atoms with E-state index in [9.17, 15) is 13.2 Å². The zero-order valence-corrected chi connectivity index (χ0v) is 13.5. The highest BCUT2D eigenvalue weighted by atomic mass is 32.2. The number of rotatable bonds is 4. The molecule has 0 atom stereocenters. The van der Waals surface area contributed by atoms with E-state index in [1.807, 2.05) is 0 Å². The lowest BCUT2D eigenvalue weighted by molar-refractivity contribution is 0.0690. The molecule has 8 nitrogen and oxygen atoms in total. The van der Waals surface area contributed by atoms with Gasteiger partial charge in [0, 0.05) is 12.6 Å². The molecule has 0 unspecified atom stereocenters. The fourth-order valence-electron chi connectivity index (χ4n) is 2.73. The van der Waals surface area contributed by atoms with Crippen LogP contribution in [-0.4, -0.2) is 52.1 Å². The van der Waals surface area contributed by atoms with Crippen LogP contribution in [0.5, 0.6) is 0 Å². The van der Waals surface area contributed by atoms with Crippen LogP contribution in [0.4, 0.5) is 5.82 Å². The van der Waals surface area contributed by atoms with Crippen molar-refractivity contribution in [1.82, 2.24) is 14.6 Å². The van der Waals surface area contributed by atoms with Gasteiger partial charge in [-0.3, -0.25) is 0 Å². The minimum atomic E-state index is -2.87. The molecule has 1 saturated heterocycles. The highest BCUT2D eigenvalue weighted by molar-refractivity contribution is 7.91. The van der Waals surface area contributed by atoms with E-state index < -0.39 is 15.8 Å². The number of hydrogen-bond donors (Lipinski definition) is 2. The summed E-state index contributed by atoms with van der Waals surface area (Å²) in [5, 5.41) is 16.3. The minimum Gasteiger partial charge on any atom is -0.476 e. The number of aryl methyl sites for hydroxylation is 1. The van der Waals surface area contributed by atoms with Crippen LogP contribution in [-0.2, 0) is 9.84 Å². The van der Waals surface area contributed by atoms with Gasteiger partial charge in [0.1, 0.15) is 15.4 Å². The van der Waals surface area contributed by atoms with E-state index in [0.717, 1.165) is 0 Å². The highest BCUT2D eigenvalue weighted by Gasteiger charge is 2.23. The van der Waals surface area contributed by atoms with Gasteiger partial charge in [-0.25, -0.2) is 22.7 Å². The molecule has 2 N–H and O–H groups in total. The molecule has 0 aromatic carbocycles. The molecule has 0 amide bonds. The standard InChI is InChI=1S/C14H18N4O4S/c1-9-8-18-12(6-11(17-18)14(19)20)13(16-9)15-7-10-2-4-23(21,22)5-3-10/h6,8,10H,2-5,7H2,1H3,(H,15,16)(H,19,20). The van der Waals surface area contributed by atoms with Crippen molar-refractivity contribution >= 4 is 27.1 Å². The number of aromatic nitrogens is 3. The predicted octanol–water partition coefficient (Wildman–Crippen LogP) is 0.973. The molecule has 9 heteroatoms. The van der Waals surface area contributed by atoms with Crippen molar-refractivity contribution in [1.29, 1.82) is 0 Å². The summed E-state index contributed by atoms with van der Waals surface area (Å²) in [6.45, 7) is 2.41. The Hall–Kier alpha value is -2.16. The van der Waals surface area contributed by atoms with Crippen LogP contribution in [0.3, 0.4) is 0 Å². The van der Waals surface area contributed by atoms with Crippen LogP contribution in [0, 0.1) is 12.8 Å². The SMILES string of the molecule is Cc1cn2nc(C(=O)O)cc2c(NCC2CCS(=O)(=O)CC2)n1. The Morgan fingerprint density at radius 1 is 1.43 bits per heavy atom. The molecule has 1 aliphatic rings. The number of fused-ring (bicyclic) bond motifs is 1. The lowest BCUT2D eigenvalue weighted by atomic mass is 10.0. The van der Waals surface area contributed by atoms with Crippen molar-refractivity contribution in [3.63, 3.8) is 0 Å². The molecule has 2 aromatic heterocycles. The Labute approximate surface area is 133 Å². The third-order valence-corrected chi connectivity index (χ3v) is 5.74. The molecule has 3 rings (SSSR count). The van der Waals surface area contributed by atoms with Crippen LogP contribution in [0.1, 0.15) is 29.0 Å². The van der Waals surface area contributed by atoms with Gasteiger partial charge in [-0.1, -0.05) is 0 Å². The first-order valence-corrected chi connectivity index (χ1v) is 9.21. The maximum absolute atomic E-state index is 11.5. The van der Waals surface area contributed by atoms with E-state index in [1.54, 1.807) is 13.1 Å². The fraction of sp³-hybridized carbons (Fsp3) is 0.500. The Morgan fingerprint density at radius 3 is 2.78 bits per heavy atom. The van der Waals surface area contributed by atoms with Gasteiger partial charge in [0.2, 0.25) is 0 Å². The summed E-state index contributed by atoms with van der Waals surface area (Å²) >= 11 is 0. The Balaban J connectivity index is 1.78. The summed E-state index contributed by atoms with van der Waals surface area (Å²) in [6.07, 6.45) is 2.94. The number of nitrogens with one attached hydrogen (secondary N) is 1. The molecule has 0 bridgehead atoms. The maximum Gasteiger partial charge on any atom is 0.356 e. The van der Waals surface area contributed by atoms with Crippen molar-refractivity contribution in [2.45, 2.75) is 19.8 Å². The van der Waals surface area contributed by atoms with Gasteiger partial charge < -0.3 is 10.4 Å². The van der Waals surface area contributed by atoms with Gasteiger partial charge >= 0.3 is 5.97 Å². The summed E-state index contributed by atoms with van der Waals surface area (Å²) in [7, 11) is -2.87. The van der Waals surface area contributed by atoms with E-state index in [2.05, 4.69) is 15.4 Å². The molecule has 1 fully saturated rings. The molecule has 124 valence electrons. The van der Waals surface area contributed by atoms with E-state index in [1.165, 1.54) is 10.6 Å². The van der Waals surface area contributed by atoms with Crippen molar-refractivity contribution in [2.75, 3.05) is 23.4 Å². The largest absolute Gasteiger partial charge is 0.476 e. The minimum absolute atomic E-state index is 0.0378. The predicted molar refractivity (Wildman–Crippen MR) is 84.6 cm³/mol. The summed E-state index contributed by atoms with van der Waals surface area (Å²) in [5.74, 6) is 0.202. The first-order valence-electron chi connectivity index (χ1n) is 7.39. The number of anilines is 1. The second-order valence-corrected chi connectivity index (χ2v) is 8.18. The summed E-state index contributed by atoms with van der Waals surface area (Å²) in [6, 6.07) is 1.47. The number of nitrogens with zero attached hydrogens (tertiary/aromatic N) is 3. The number of aromatic carboxylic acids is 1. The van der Waals surface area contributed by atoms with Crippen LogP contribution >= 0.6 is 0 Å². The highest BCUT2D eigenvalue weighted by Crippen LogP contribution is 2.21. The number of hydrogen-bond acceptors (Lipinski definition) is 6. The van der Waals surface area contributed by atoms with Gasteiger partial charge in [-0.15, -0.1) is 0 Å². The maximum atomic E-state index is 11.5. The van der Waals surface area contributed by atoms with E-state index in [-0.39, 0.29) is 23.1 Å². The molecule has 23 heavy (non-hydrogen) atoms. The molecular weight excluding hydrogens is 320 g/mol. The Bertz CT molecular complexity index is 845. The van der Waals surface area contributed by atoms with Gasteiger partial charge in [0.05, 0.1) is 23.4 Å². The first kappa shape index (κ1) is 15.7. The van der Waals surface area contributed by atoms with Gasteiger partial charge in [0.15, 0.2) is 11.5 Å². The Morgan fingerprint density at radius 2 is 2.13 bits per heavy atom. The third kappa shape index (κ3) is 3.44. The second kappa shape index (κ2) is 5.80. The molecule has 1 aliphatic heterocycles. The first-order chi connectivity index (χ1) is 10.8. The van der Waals surface area contributed by atoms with Crippen LogP contribution in [0.2, 0.25) is 0 Å². The number of carboxylic acid groups (broad SMARTS) is 1. The third-order valence-electron chi connectivity index (χ3n) is 4.03. The van der Waals surface area contributed by atoms with Gasteiger partial charge in [-0.05, 0) is 25.7 Å². The zero-order valence-electron chi connectivity index (χ0n) is 12.7. The fourth-order valence-corrected chi connectivity index (χ4v) is 4.32. The van der Waals surface area contributed by atoms with Crippen LogP contribution < -0.4 is 5.32 Å². The number of carboxylic acids is 1. The average Bonchev–Trinajstić information content (AvgIpc) is 2.90.